The summed E-state index contributed by atoms with van der Waals surface area (Å²) in [6.45, 7) is 0. The lowest BCUT2D eigenvalue weighted by atomic mass is 9.99. The van der Waals surface area contributed by atoms with Crippen LogP contribution >= 0.6 is 0 Å². The second-order valence-corrected chi connectivity index (χ2v) is 10.9. The molecule has 0 aliphatic carbocycles. The minimum atomic E-state index is -1.03. The number of nitrogens with two attached hydrogens (primary N) is 2. The SMILES string of the molecule is NC1=c2ccccc2=NC(=O)C1c1nc2ccc(C(=O)O)cc2[nH]1.Nc1c(-c2nc3ccc(C(=O)O)cc3[nH]2)c(=O)[nH]c2ccccc12. The predicted molar refractivity (Wildman–Crippen MR) is 177 cm³/mol. The maximum Gasteiger partial charge on any atom is 0.335 e. The van der Waals surface area contributed by atoms with E-state index in [0.29, 0.717) is 61.2 Å². The van der Waals surface area contributed by atoms with Gasteiger partial charge in [-0.15, -0.1) is 0 Å². The zero-order chi connectivity index (χ0) is 33.7. The number of para-hydroxylation sites is 2. The van der Waals surface area contributed by atoms with Gasteiger partial charge in [-0.3, -0.25) is 9.59 Å². The van der Waals surface area contributed by atoms with E-state index < -0.39 is 23.8 Å². The number of rotatable bonds is 4. The molecule has 0 saturated heterocycles. The van der Waals surface area contributed by atoms with Crippen LogP contribution in [0.25, 0.3) is 50.1 Å². The third kappa shape index (κ3) is 5.08. The van der Waals surface area contributed by atoms with E-state index in [4.69, 9.17) is 21.7 Å². The second kappa shape index (κ2) is 11.4. The van der Waals surface area contributed by atoms with Crippen molar-refractivity contribution in [2.75, 3.05) is 5.73 Å². The van der Waals surface area contributed by atoms with E-state index >= 15 is 0 Å². The van der Waals surface area contributed by atoms with Gasteiger partial charge < -0.3 is 36.6 Å². The van der Waals surface area contributed by atoms with E-state index in [-0.39, 0.29) is 22.2 Å². The van der Waals surface area contributed by atoms with E-state index in [2.05, 4.69) is 29.9 Å². The third-order valence-electron chi connectivity index (χ3n) is 7.95. The topological polar surface area (TPSA) is 246 Å². The summed E-state index contributed by atoms with van der Waals surface area (Å²) in [7, 11) is 0. The Morgan fingerprint density at radius 2 is 1.33 bits per heavy atom. The molecule has 0 fully saturated rings. The molecule has 0 radical (unpaired) electrons. The molecule has 14 nitrogen and oxygen atoms in total. The van der Waals surface area contributed by atoms with Gasteiger partial charge in [0.2, 0.25) is 0 Å². The molecule has 4 heterocycles. The Morgan fingerprint density at radius 1 is 0.708 bits per heavy atom. The van der Waals surface area contributed by atoms with Crippen molar-refractivity contribution < 1.29 is 24.6 Å². The third-order valence-corrected chi connectivity index (χ3v) is 7.95. The maximum atomic E-state index is 12.4. The number of anilines is 1. The normalized spacial score (nSPS) is 14.0. The molecule has 0 saturated carbocycles. The van der Waals surface area contributed by atoms with Crippen LogP contribution in [-0.4, -0.2) is 53.0 Å². The van der Waals surface area contributed by atoms with Crippen LogP contribution in [-0.2, 0) is 4.79 Å². The summed E-state index contributed by atoms with van der Waals surface area (Å²) < 4.78 is 0. The summed E-state index contributed by atoms with van der Waals surface area (Å²) in [5.74, 6) is -2.61. The first-order chi connectivity index (χ1) is 23.1. The van der Waals surface area contributed by atoms with Crippen LogP contribution < -0.4 is 27.6 Å². The molecule has 4 aromatic carbocycles. The summed E-state index contributed by atoms with van der Waals surface area (Å²) >= 11 is 0. The van der Waals surface area contributed by atoms with E-state index in [9.17, 15) is 19.2 Å². The number of aromatic carboxylic acids is 2. The number of carboxylic acids is 2. The zero-order valence-electron chi connectivity index (χ0n) is 24.7. The summed E-state index contributed by atoms with van der Waals surface area (Å²) in [6, 6.07) is 23.4. The lowest BCUT2D eigenvalue weighted by Crippen LogP contribution is -2.39. The molecule has 0 spiro atoms. The molecule has 9 N–H and O–H groups in total. The van der Waals surface area contributed by atoms with E-state index in [1.165, 1.54) is 24.3 Å². The smallest absolute Gasteiger partial charge is 0.335 e. The standard InChI is InChI=1S/2C17H12N4O3/c2*18-14-9-3-1-2-4-10(9)21-16(22)13(14)15-19-11-6-5-8(17(23)24)7-12(11)20-15/h1-7H,(H,19,20)(H,23,24)(H3,18,21,22);1-7,13H,18H2,(H,19,20)(H,23,24). The van der Waals surface area contributed by atoms with Gasteiger partial charge in [0.25, 0.3) is 11.5 Å². The molecule has 48 heavy (non-hydrogen) atoms. The van der Waals surface area contributed by atoms with Crippen molar-refractivity contribution in [3.63, 3.8) is 0 Å². The minimum Gasteiger partial charge on any atom is -0.478 e. The Kier molecular flexibility index (Phi) is 7.01. The summed E-state index contributed by atoms with van der Waals surface area (Å²) in [5, 5.41) is 20.1. The minimum absolute atomic E-state index is 0.137. The van der Waals surface area contributed by atoms with Crippen molar-refractivity contribution in [3.05, 3.63) is 123 Å². The van der Waals surface area contributed by atoms with E-state index in [0.717, 1.165) is 5.39 Å². The van der Waals surface area contributed by atoms with Crippen LogP contribution in [0, 0.1) is 0 Å². The van der Waals surface area contributed by atoms with Crippen LogP contribution in [0.1, 0.15) is 32.5 Å². The number of nitrogens with zero attached hydrogens (tertiary/aromatic N) is 3. The second-order valence-electron chi connectivity index (χ2n) is 10.9. The first-order valence-corrected chi connectivity index (χ1v) is 14.4. The van der Waals surface area contributed by atoms with Crippen LogP contribution in [0.3, 0.4) is 0 Å². The number of nitrogens with one attached hydrogen (secondary N) is 3. The fraction of sp³-hybridized carbons (Fsp3) is 0.0294. The van der Waals surface area contributed by atoms with Crippen molar-refractivity contribution >= 4 is 62.2 Å². The van der Waals surface area contributed by atoms with Crippen molar-refractivity contribution in [2.45, 2.75) is 5.92 Å². The van der Waals surface area contributed by atoms with Crippen LogP contribution in [0.2, 0.25) is 0 Å². The fourth-order valence-electron chi connectivity index (χ4n) is 5.62. The van der Waals surface area contributed by atoms with Gasteiger partial charge in [0.1, 0.15) is 23.1 Å². The highest BCUT2D eigenvalue weighted by Crippen LogP contribution is 2.28. The van der Waals surface area contributed by atoms with Gasteiger partial charge in [0, 0.05) is 16.3 Å². The highest BCUT2D eigenvalue weighted by molar-refractivity contribution is 5.99. The van der Waals surface area contributed by atoms with Gasteiger partial charge in [-0.1, -0.05) is 36.4 Å². The number of hydrogen-bond donors (Lipinski definition) is 7. The molecule has 0 bridgehead atoms. The molecule has 8 rings (SSSR count). The molecule has 1 atom stereocenters. The molecule has 1 unspecified atom stereocenters. The fourth-order valence-corrected chi connectivity index (χ4v) is 5.62. The predicted octanol–water partition coefficient (Wildman–Crippen LogP) is 2.62. The number of amides is 1. The highest BCUT2D eigenvalue weighted by Gasteiger charge is 2.29. The number of imidazole rings is 2. The first kappa shape index (κ1) is 29.6. The number of carboxylic acid groups (broad SMARTS) is 2. The van der Waals surface area contributed by atoms with E-state index in [1.807, 2.05) is 24.3 Å². The molecule has 7 aromatic rings. The van der Waals surface area contributed by atoms with Gasteiger partial charge in [-0.25, -0.2) is 24.5 Å². The van der Waals surface area contributed by atoms with Crippen molar-refractivity contribution in [3.8, 4) is 11.4 Å². The van der Waals surface area contributed by atoms with Crippen molar-refractivity contribution in [1.29, 1.82) is 0 Å². The van der Waals surface area contributed by atoms with Gasteiger partial charge >= 0.3 is 11.9 Å². The maximum absolute atomic E-state index is 12.4. The van der Waals surface area contributed by atoms with E-state index in [1.54, 1.807) is 36.4 Å². The Morgan fingerprint density at radius 3 is 2.04 bits per heavy atom. The largest absolute Gasteiger partial charge is 0.478 e. The Balaban J connectivity index is 0.000000152. The van der Waals surface area contributed by atoms with Gasteiger partial charge in [-0.2, -0.15) is 0 Å². The molecule has 1 aliphatic heterocycles. The monoisotopic (exact) mass is 640 g/mol. The summed E-state index contributed by atoms with van der Waals surface area (Å²) in [5.41, 5.74) is 16.1. The number of fused-ring (bicyclic) bond motifs is 4. The molecule has 1 amide bonds. The number of aromatic amines is 3. The zero-order valence-corrected chi connectivity index (χ0v) is 24.7. The number of carbonyl (C=O) groups excluding carboxylic acids is 1. The lowest BCUT2D eigenvalue weighted by Gasteiger charge is -2.15. The average Bonchev–Trinajstić information content (AvgIpc) is 3.68. The van der Waals surface area contributed by atoms with Crippen LogP contribution in [0.5, 0.6) is 0 Å². The van der Waals surface area contributed by atoms with Gasteiger partial charge in [-0.05, 0) is 48.5 Å². The summed E-state index contributed by atoms with van der Waals surface area (Å²) in [6.07, 6.45) is 0. The molecule has 3 aromatic heterocycles. The number of carbonyl (C=O) groups is 3. The number of H-pyrrole nitrogens is 3. The first-order valence-electron chi connectivity index (χ1n) is 14.4. The number of pyridine rings is 1. The van der Waals surface area contributed by atoms with Gasteiger partial charge in [0.05, 0.1) is 49.8 Å². The number of nitrogen functional groups attached to an aromatic ring is 1. The van der Waals surface area contributed by atoms with Crippen molar-refractivity contribution in [1.82, 2.24) is 24.9 Å². The molecule has 14 heteroatoms. The highest BCUT2D eigenvalue weighted by atomic mass is 16.4. The molecular weight excluding hydrogens is 616 g/mol. The van der Waals surface area contributed by atoms with Gasteiger partial charge in [0.15, 0.2) is 0 Å². The lowest BCUT2D eigenvalue weighted by molar-refractivity contribution is -0.118. The molecule has 1 aliphatic rings. The van der Waals surface area contributed by atoms with Crippen molar-refractivity contribution in [2.24, 2.45) is 10.7 Å². The number of hydrogen-bond acceptors (Lipinski definition) is 8. The van der Waals surface area contributed by atoms with Crippen LogP contribution in [0.4, 0.5) is 5.69 Å². The van der Waals surface area contributed by atoms with Crippen LogP contribution in [0.15, 0.2) is 94.7 Å². The Bertz CT molecular complexity index is 2670. The summed E-state index contributed by atoms with van der Waals surface area (Å²) in [4.78, 5) is 68.5. The number of aromatic nitrogens is 5. The quantitative estimate of drug-likeness (QED) is 0.148. The average molecular weight is 641 g/mol. The molecule has 236 valence electrons. The molecular formula is C34H24N8O6. The number of benzene rings is 4. The Labute approximate surface area is 268 Å². The Hall–Kier alpha value is -7.09.